The molecule has 0 saturated carbocycles. The number of halogens is 3. The maximum Gasteiger partial charge on any atom is 0.147 e. The van der Waals surface area contributed by atoms with Crippen LogP contribution in [0.3, 0.4) is 0 Å². The highest BCUT2D eigenvalue weighted by Gasteiger charge is 2.40. The number of likely N-dealkylation sites (N-methyl/N-ethyl adjacent to an activating group) is 1. The van der Waals surface area contributed by atoms with Crippen LogP contribution in [0.15, 0.2) is 16.6 Å². The van der Waals surface area contributed by atoms with E-state index in [1.807, 2.05) is 14.1 Å². The van der Waals surface area contributed by atoms with E-state index in [0.717, 1.165) is 12.8 Å². The standard InChI is InChI=1S/C14H22BrClFN3/c1-5-14(6-2,20(3)4)13(19-18)9-7-8-10(15)11(16)12(9)17/h7-8,13,19H,5-6,18H2,1-4H3. The summed E-state index contributed by atoms with van der Waals surface area (Å²) >= 11 is 9.23. The molecule has 0 aromatic heterocycles. The summed E-state index contributed by atoms with van der Waals surface area (Å²) in [6.45, 7) is 4.15. The fourth-order valence-electron chi connectivity index (χ4n) is 2.85. The summed E-state index contributed by atoms with van der Waals surface area (Å²) in [6, 6.07) is 3.12. The predicted molar refractivity (Wildman–Crippen MR) is 86.2 cm³/mol. The minimum atomic E-state index is -0.433. The molecule has 1 atom stereocenters. The molecule has 1 aromatic rings. The third-order valence-electron chi connectivity index (χ3n) is 4.20. The largest absolute Gasteiger partial charge is 0.302 e. The molecule has 0 amide bonds. The lowest BCUT2D eigenvalue weighted by atomic mass is 9.80. The molecule has 0 spiro atoms. The van der Waals surface area contributed by atoms with E-state index in [2.05, 4.69) is 40.1 Å². The molecule has 1 aromatic carbocycles. The van der Waals surface area contributed by atoms with Crippen LogP contribution < -0.4 is 11.3 Å². The van der Waals surface area contributed by atoms with Gasteiger partial charge in [-0.15, -0.1) is 0 Å². The summed E-state index contributed by atoms with van der Waals surface area (Å²) < 4.78 is 15.0. The molecule has 0 bridgehead atoms. The second-order valence-electron chi connectivity index (χ2n) is 5.07. The van der Waals surface area contributed by atoms with Crippen molar-refractivity contribution in [3.05, 3.63) is 33.0 Å². The van der Waals surface area contributed by atoms with Gasteiger partial charge in [0.1, 0.15) is 5.82 Å². The molecule has 6 heteroatoms. The normalized spacial score (nSPS) is 13.8. The Morgan fingerprint density at radius 3 is 2.35 bits per heavy atom. The Morgan fingerprint density at radius 2 is 1.95 bits per heavy atom. The van der Waals surface area contributed by atoms with E-state index in [4.69, 9.17) is 17.4 Å². The van der Waals surface area contributed by atoms with Crippen molar-refractivity contribution in [1.29, 1.82) is 0 Å². The Morgan fingerprint density at radius 1 is 1.40 bits per heavy atom. The molecule has 0 fully saturated rings. The van der Waals surface area contributed by atoms with Crippen LogP contribution in [-0.2, 0) is 0 Å². The molecular formula is C14H22BrClFN3. The summed E-state index contributed by atoms with van der Waals surface area (Å²) in [7, 11) is 3.96. The van der Waals surface area contributed by atoms with Crippen LogP contribution in [0.25, 0.3) is 0 Å². The SMILES string of the molecule is CCC(CC)(C(NN)c1ccc(Br)c(Cl)c1F)N(C)C. The van der Waals surface area contributed by atoms with Crippen molar-refractivity contribution in [2.75, 3.05) is 14.1 Å². The third-order valence-corrected chi connectivity index (χ3v) is 5.45. The average molecular weight is 367 g/mol. The third kappa shape index (κ3) is 3.02. The van der Waals surface area contributed by atoms with E-state index in [0.29, 0.717) is 10.0 Å². The van der Waals surface area contributed by atoms with Crippen molar-refractivity contribution in [3.8, 4) is 0 Å². The lowest BCUT2D eigenvalue weighted by molar-refractivity contribution is 0.0865. The number of nitrogens with one attached hydrogen (secondary N) is 1. The highest BCUT2D eigenvalue weighted by atomic mass is 79.9. The zero-order valence-electron chi connectivity index (χ0n) is 12.3. The van der Waals surface area contributed by atoms with Crippen molar-refractivity contribution in [3.63, 3.8) is 0 Å². The van der Waals surface area contributed by atoms with Gasteiger partial charge >= 0.3 is 0 Å². The molecule has 0 aliphatic rings. The van der Waals surface area contributed by atoms with Crippen LogP contribution in [0.2, 0.25) is 5.02 Å². The lowest BCUT2D eigenvalue weighted by Gasteiger charge is -2.45. The fraction of sp³-hybridized carbons (Fsp3) is 0.571. The minimum Gasteiger partial charge on any atom is -0.302 e. The lowest BCUT2D eigenvalue weighted by Crippen LogP contribution is -2.55. The Hall–Kier alpha value is -0.200. The van der Waals surface area contributed by atoms with Crippen LogP contribution >= 0.6 is 27.5 Å². The Labute approximate surface area is 133 Å². The molecule has 3 nitrogen and oxygen atoms in total. The Kier molecular flexibility index (Phi) is 6.41. The number of benzene rings is 1. The van der Waals surface area contributed by atoms with Crippen LogP contribution in [0.5, 0.6) is 0 Å². The first kappa shape index (κ1) is 17.9. The molecule has 1 unspecified atom stereocenters. The first-order chi connectivity index (χ1) is 9.35. The maximum absolute atomic E-state index is 14.5. The van der Waals surface area contributed by atoms with Gasteiger partial charge in [-0.05, 0) is 48.9 Å². The van der Waals surface area contributed by atoms with Crippen molar-refractivity contribution in [1.82, 2.24) is 10.3 Å². The summed E-state index contributed by atoms with van der Waals surface area (Å²) in [5, 5.41) is 0.0858. The number of nitrogens with two attached hydrogens (primary N) is 1. The van der Waals surface area contributed by atoms with Crippen molar-refractivity contribution < 1.29 is 4.39 Å². The summed E-state index contributed by atoms with van der Waals surface area (Å²) in [6.07, 6.45) is 1.66. The van der Waals surface area contributed by atoms with Crippen LogP contribution in [0, 0.1) is 5.82 Å². The fourth-order valence-corrected chi connectivity index (χ4v) is 3.33. The van der Waals surface area contributed by atoms with Crippen molar-refractivity contribution in [2.45, 2.75) is 38.3 Å². The van der Waals surface area contributed by atoms with Gasteiger partial charge in [0.25, 0.3) is 0 Å². The summed E-state index contributed by atoms with van der Waals surface area (Å²) in [4.78, 5) is 2.09. The van der Waals surface area contributed by atoms with E-state index in [1.165, 1.54) is 0 Å². The van der Waals surface area contributed by atoms with Crippen molar-refractivity contribution in [2.24, 2.45) is 5.84 Å². The van der Waals surface area contributed by atoms with E-state index < -0.39 is 5.82 Å². The number of hydrogen-bond acceptors (Lipinski definition) is 3. The second-order valence-corrected chi connectivity index (χ2v) is 6.30. The molecule has 0 radical (unpaired) electrons. The quantitative estimate of drug-likeness (QED) is 0.456. The van der Waals surface area contributed by atoms with Gasteiger partial charge in [0.15, 0.2) is 0 Å². The minimum absolute atomic E-state index is 0.0858. The van der Waals surface area contributed by atoms with Gasteiger partial charge in [-0.2, -0.15) is 0 Å². The molecule has 114 valence electrons. The summed E-state index contributed by atoms with van der Waals surface area (Å²) in [5.74, 6) is 5.31. The van der Waals surface area contributed by atoms with Gasteiger partial charge in [0.2, 0.25) is 0 Å². The molecule has 0 aliphatic heterocycles. The topological polar surface area (TPSA) is 41.3 Å². The second kappa shape index (κ2) is 7.18. The van der Waals surface area contributed by atoms with E-state index in [-0.39, 0.29) is 16.6 Å². The van der Waals surface area contributed by atoms with Crippen LogP contribution in [-0.4, -0.2) is 24.5 Å². The van der Waals surface area contributed by atoms with E-state index >= 15 is 0 Å². The van der Waals surface area contributed by atoms with Crippen LogP contribution in [0.1, 0.15) is 38.3 Å². The summed E-state index contributed by atoms with van der Waals surface area (Å²) in [5.41, 5.74) is 2.97. The molecular weight excluding hydrogens is 345 g/mol. The smallest absolute Gasteiger partial charge is 0.147 e. The zero-order chi connectivity index (χ0) is 15.5. The highest BCUT2D eigenvalue weighted by Crippen LogP contribution is 2.39. The van der Waals surface area contributed by atoms with Gasteiger partial charge in [0.05, 0.1) is 11.1 Å². The molecule has 1 rings (SSSR count). The Balaban J connectivity index is 3.42. The molecule has 20 heavy (non-hydrogen) atoms. The molecule has 0 heterocycles. The Bertz CT molecular complexity index is 464. The van der Waals surface area contributed by atoms with Gasteiger partial charge in [-0.25, -0.2) is 4.39 Å². The van der Waals surface area contributed by atoms with Crippen molar-refractivity contribution >= 4 is 27.5 Å². The average Bonchev–Trinajstić information content (AvgIpc) is 2.43. The first-order valence-electron chi connectivity index (χ1n) is 6.62. The first-order valence-corrected chi connectivity index (χ1v) is 7.79. The number of hydrogen-bond donors (Lipinski definition) is 2. The van der Waals surface area contributed by atoms with E-state index in [9.17, 15) is 4.39 Å². The molecule has 0 aliphatic carbocycles. The van der Waals surface area contributed by atoms with Gasteiger partial charge in [-0.3, -0.25) is 11.3 Å². The van der Waals surface area contributed by atoms with Crippen LogP contribution in [0.4, 0.5) is 4.39 Å². The number of rotatable bonds is 6. The van der Waals surface area contributed by atoms with E-state index in [1.54, 1.807) is 12.1 Å². The predicted octanol–water partition coefficient (Wildman–Crippen LogP) is 3.87. The zero-order valence-corrected chi connectivity index (χ0v) is 14.6. The van der Waals surface area contributed by atoms with Gasteiger partial charge < -0.3 is 4.90 Å². The molecule has 0 saturated heterocycles. The number of hydrazine groups is 1. The maximum atomic E-state index is 14.5. The van der Waals surface area contributed by atoms with Gasteiger partial charge in [0, 0.05) is 15.6 Å². The highest BCUT2D eigenvalue weighted by molar-refractivity contribution is 9.10. The number of nitrogens with zero attached hydrogens (tertiary/aromatic N) is 1. The van der Waals surface area contributed by atoms with Gasteiger partial charge in [-0.1, -0.05) is 31.5 Å². The monoisotopic (exact) mass is 365 g/mol. The molecule has 3 N–H and O–H groups in total.